The lowest BCUT2D eigenvalue weighted by Gasteiger charge is -2.40. The summed E-state index contributed by atoms with van der Waals surface area (Å²) in [5.41, 5.74) is 0.199. The first-order chi connectivity index (χ1) is 10.2. The summed E-state index contributed by atoms with van der Waals surface area (Å²) in [6, 6.07) is 5.50. The Morgan fingerprint density at radius 2 is 1.95 bits per heavy atom. The van der Waals surface area contributed by atoms with E-state index < -0.39 is 10.7 Å². The maximum atomic E-state index is 11.1. The van der Waals surface area contributed by atoms with Gasteiger partial charge in [-0.3, -0.25) is 15.0 Å². The van der Waals surface area contributed by atoms with Crippen LogP contribution in [0.2, 0.25) is 0 Å². The molecule has 2 saturated heterocycles. The number of fused-ring (bicyclic) bond motifs is 1. The Morgan fingerprint density at radius 1 is 1.32 bits per heavy atom. The van der Waals surface area contributed by atoms with Crippen molar-refractivity contribution in [2.24, 2.45) is 5.92 Å². The maximum absolute atomic E-state index is 11.1. The number of ether oxygens (including phenoxy) is 1. The average Bonchev–Trinajstić information content (AvgIpc) is 3.01. The molecule has 1 aromatic carbocycles. The number of nitrogens with zero attached hydrogens (tertiary/aromatic N) is 2. The third-order valence-corrected chi connectivity index (χ3v) is 4.20. The number of nitro groups is 1. The van der Waals surface area contributed by atoms with E-state index >= 15 is 0 Å². The van der Waals surface area contributed by atoms with Crippen molar-refractivity contribution in [3.63, 3.8) is 0 Å². The third-order valence-electron chi connectivity index (χ3n) is 4.20. The molecule has 0 saturated carbocycles. The van der Waals surface area contributed by atoms with E-state index in [-0.39, 0.29) is 23.2 Å². The fourth-order valence-electron chi connectivity index (χ4n) is 3.16. The zero-order valence-corrected chi connectivity index (χ0v) is 12.9. The van der Waals surface area contributed by atoms with Crippen molar-refractivity contribution in [1.82, 2.24) is 5.06 Å². The number of rotatable bonds is 2. The highest BCUT2D eigenvalue weighted by Crippen LogP contribution is 2.46. The molecule has 1 aromatic rings. The molecule has 120 valence electrons. The Morgan fingerprint density at radius 3 is 2.50 bits per heavy atom. The molecule has 3 atom stereocenters. The van der Waals surface area contributed by atoms with Crippen LogP contribution in [0.25, 0.3) is 0 Å². The van der Waals surface area contributed by atoms with Gasteiger partial charge in [0.2, 0.25) is 5.79 Å². The van der Waals surface area contributed by atoms with Crippen LogP contribution in [-0.4, -0.2) is 39.9 Å². The zero-order chi connectivity index (χ0) is 16.1. The molecule has 3 rings (SSSR count). The second-order valence-corrected chi connectivity index (χ2v) is 6.81. The summed E-state index contributed by atoms with van der Waals surface area (Å²) in [5.74, 6) is -1.46. The summed E-state index contributed by atoms with van der Waals surface area (Å²) in [6.45, 7) is 6.90. The molecular formula is C15H20N2O5. The van der Waals surface area contributed by atoms with Gasteiger partial charge in [0.25, 0.3) is 5.69 Å². The standard InChI is InChI=1S/C15H20N2O5/c1-14(2,3)16-13-10(9-22-16)8-21-15(13,18)11-4-6-12(7-5-11)17(19)20/h4-7,10,13,18H,8-9H2,1-3H3. The predicted octanol–water partition coefficient (Wildman–Crippen LogP) is 1.80. The van der Waals surface area contributed by atoms with Gasteiger partial charge < -0.3 is 9.84 Å². The van der Waals surface area contributed by atoms with Gasteiger partial charge >= 0.3 is 0 Å². The SMILES string of the molecule is CC(C)(C)N1OCC2COC(O)(c3ccc([N+](=O)[O-])cc3)C21. The Balaban J connectivity index is 1.96. The van der Waals surface area contributed by atoms with Gasteiger partial charge in [-0.15, -0.1) is 0 Å². The van der Waals surface area contributed by atoms with Gasteiger partial charge in [0, 0.05) is 29.2 Å². The van der Waals surface area contributed by atoms with Crippen LogP contribution in [0.5, 0.6) is 0 Å². The molecule has 0 amide bonds. The molecule has 2 fully saturated rings. The molecule has 2 aliphatic heterocycles. The quantitative estimate of drug-likeness (QED) is 0.662. The van der Waals surface area contributed by atoms with Crippen LogP contribution in [0.15, 0.2) is 24.3 Å². The Kier molecular flexibility index (Phi) is 3.48. The molecule has 0 aliphatic carbocycles. The molecule has 3 unspecified atom stereocenters. The molecule has 7 nitrogen and oxygen atoms in total. The summed E-state index contributed by atoms with van der Waals surface area (Å²) in [7, 11) is 0. The van der Waals surface area contributed by atoms with E-state index in [2.05, 4.69) is 0 Å². The first-order valence-corrected chi connectivity index (χ1v) is 7.27. The minimum absolute atomic E-state index is 0.0164. The van der Waals surface area contributed by atoms with Crippen molar-refractivity contribution in [3.8, 4) is 0 Å². The van der Waals surface area contributed by atoms with Crippen LogP contribution in [0.4, 0.5) is 5.69 Å². The number of hydrogen-bond acceptors (Lipinski definition) is 6. The van der Waals surface area contributed by atoms with Crippen molar-refractivity contribution in [1.29, 1.82) is 0 Å². The van der Waals surface area contributed by atoms with Crippen LogP contribution in [0.1, 0.15) is 26.3 Å². The fraction of sp³-hybridized carbons (Fsp3) is 0.600. The van der Waals surface area contributed by atoms with Crippen LogP contribution >= 0.6 is 0 Å². The minimum Gasteiger partial charge on any atom is -0.360 e. The lowest BCUT2D eigenvalue weighted by molar-refractivity contribution is -0.384. The lowest BCUT2D eigenvalue weighted by Crippen LogP contribution is -2.53. The lowest BCUT2D eigenvalue weighted by atomic mass is 9.90. The van der Waals surface area contributed by atoms with Crippen molar-refractivity contribution in [2.75, 3.05) is 13.2 Å². The molecular weight excluding hydrogens is 288 g/mol. The summed E-state index contributed by atoms with van der Waals surface area (Å²) in [6.07, 6.45) is 0. The fourth-order valence-corrected chi connectivity index (χ4v) is 3.16. The molecule has 0 spiro atoms. The number of benzene rings is 1. The highest BCUT2D eigenvalue weighted by Gasteiger charge is 2.59. The predicted molar refractivity (Wildman–Crippen MR) is 77.8 cm³/mol. The first-order valence-electron chi connectivity index (χ1n) is 7.27. The third kappa shape index (κ3) is 2.30. The van der Waals surface area contributed by atoms with Gasteiger partial charge in [-0.25, -0.2) is 0 Å². The highest BCUT2D eigenvalue weighted by atomic mass is 16.7. The van der Waals surface area contributed by atoms with E-state index in [1.807, 2.05) is 20.8 Å². The van der Waals surface area contributed by atoms with Crippen LogP contribution < -0.4 is 0 Å². The molecule has 0 radical (unpaired) electrons. The second kappa shape index (κ2) is 4.99. The van der Waals surface area contributed by atoms with Crippen molar-refractivity contribution in [2.45, 2.75) is 38.1 Å². The van der Waals surface area contributed by atoms with Crippen molar-refractivity contribution >= 4 is 5.69 Å². The summed E-state index contributed by atoms with van der Waals surface area (Å²) < 4.78 is 5.68. The van der Waals surface area contributed by atoms with Gasteiger partial charge in [0.15, 0.2) is 0 Å². The molecule has 2 aliphatic rings. The van der Waals surface area contributed by atoms with Crippen LogP contribution in [0.3, 0.4) is 0 Å². The van der Waals surface area contributed by atoms with E-state index in [9.17, 15) is 15.2 Å². The molecule has 1 N–H and O–H groups in total. The van der Waals surface area contributed by atoms with Crippen molar-refractivity contribution in [3.05, 3.63) is 39.9 Å². The Bertz CT molecular complexity index is 583. The molecule has 0 bridgehead atoms. The summed E-state index contributed by atoms with van der Waals surface area (Å²) >= 11 is 0. The number of hydroxylamine groups is 2. The van der Waals surface area contributed by atoms with Crippen LogP contribution in [-0.2, 0) is 15.4 Å². The van der Waals surface area contributed by atoms with E-state index in [1.54, 1.807) is 17.2 Å². The highest BCUT2D eigenvalue weighted by molar-refractivity contribution is 5.36. The van der Waals surface area contributed by atoms with Gasteiger partial charge in [0.1, 0.15) is 6.04 Å². The molecule has 2 heterocycles. The van der Waals surface area contributed by atoms with Gasteiger partial charge in [0.05, 0.1) is 18.1 Å². The number of aliphatic hydroxyl groups is 1. The minimum atomic E-state index is -1.52. The smallest absolute Gasteiger partial charge is 0.269 e. The topological polar surface area (TPSA) is 85.1 Å². The van der Waals surface area contributed by atoms with Gasteiger partial charge in [-0.1, -0.05) is 0 Å². The first kappa shape index (κ1) is 15.4. The average molecular weight is 308 g/mol. The largest absolute Gasteiger partial charge is 0.360 e. The molecule has 22 heavy (non-hydrogen) atoms. The summed E-state index contributed by atoms with van der Waals surface area (Å²) in [4.78, 5) is 16.0. The number of nitro benzene ring substituents is 1. The van der Waals surface area contributed by atoms with Gasteiger partial charge in [-0.05, 0) is 32.9 Å². The molecule has 0 aromatic heterocycles. The van der Waals surface area contributed by atoms with E-state index in [1.165, 1.54) is 12.1 Å². The summed E-state index contributed by atoms with van der Waals surface area (Å²) in [5, 5.41) is 23.6. The molecule has 7 heteroatoms. The van der Waals surface area contributed by atoms with Crippen molar-refractivity contribution < 1.29 is 19.6 Å². The van der Waals surface area contributed by atoms with E-state index in [0.29, 0.717) is 18.8 Å². The normalized spacial score (nSPS) is 32.2. The number of hydrogen-bond donors (Lipinski definition) is 1. The Hall–Kier alpha value is -1.54. The van der Waals surface area contributed by atoms with E-state index in [0.717, 1.165) is 0 Å². The number of non-ortho nitro benzene ring substituents is 1. The Labute approximate surface area is 128 Å². The monoisotopic (exact) mass is 308 g/mol. The van der Waals surface area contributed by atoms with E-state index in [4.69, 9.17) is 9.57 Å². The van der Waals surface area contributed by atoms with Gasteiger partial charge in [-0.2, -0.15) is 5.06 Å². The maximum Gasteiger partial charge on any atom is 0.269 e. The van der Waals surface area contributed by atoms with Crippen LogP contribution in [0, 0.1) is 16.0 Å². The zero-order valence-electron chi connectivity index (χ0n) is 12.9. The second-order valence-electron chi connectivity index (χ2n) is 6.81.